The van der Waals surface area contributed by atoms with Gasteiger partial charge in [-0.2, -0.15) is 0 Å². The molecule has 4 heteroatoms. The van der Waals surface area contributed by atoms with Crippen LogP contribution in [0.1, 0.15) is 40.5 Å². The third kappa shape index (κ3) is 3.22. The number of carbonyl (C=O) groups excluding carboxylic acids is 1. The van der Waals surface area contributed by atoms with Crippen LogP contribution in [0.2, 0.25) is 0 Å². The first-order valence-corrected chi connectivity index (χ1v) is 5.29. The minimum Gasteiger partial charge on any atom is -0.481 e. The topological polar surface area (TPSA) is 63.6 Å². The van der Waals surface area contributed by atoms with E-state index in [1.54, 1.807) is 6.92 Å². The SMILES string of the molecule is CCOC(=O)C(CC)(CC(=O)O)C(C)C. The minimum absolute atomic E-state index is 0.0438. The molecule has 88 valence electrons. The summed E-state index contributed by atoms with van der Waals surface area (Å²) in [5.41, 5.74) is -0.887. The molecule has 0 spiro atoms. The largest absolute Gasteiger partial charge is 0.481 e. The number of rotatable bonds is 6. The lowest BCUT2D eigenvalue weighted by atomic mass is 9.72. The zero-order valence-corrected chi connectivity index (χ0v) is 9.87. The highest BCUT2D eigenvalue weighted by Crippen LogP contribution is 2.36. The van der Waals surface area contributed by atoms with Gasteiger partial charge < -0.3 is 9.84 Å². The van der Waals surface area contributed by atoms with E-state index in [1.165, 1.54) is 0 Å². The molecule has 0 aliphatic carbocycles. The fourth-order valence-corrected chi connectivity index (χ4v) is 1.73. The average molecular weight is 216 g/mol. The van der Waals surface area contributed by atoms with Crippen molar-refractivity contribution in [3.05, 3.63) is 0 Å². The molecule has 0 aromatic heterocycles. The lowest BCUT2D eigenvalue weighted by Crippen LogP contribution is -2.39. The molecule has 4 nitrogen and oxygen atoms in total. The van der Waals surface area contributed by atoms with E-state index in [1.807, 2.05) is 20.8 Å². The maximum atomic E-state index is 11.8. The van der Waals surface area contributed by atoms with E-state index < -0.39 is 17.4 Å². The molecule has 0 rings (SSSR count). The zero-order chi connectivity index (χ0) is 12.1. The Hall–Kier alpha value is -1.06. The van der Waals surface area contributed by atoms with Gasteiger partial charge in [-0.05, 0) is 19.3 Å². The molecule has 0 aromatic carbocycles. The first kappa shape index (κ1) is 13.9. The lowest BCUT2D eigenvalue weighted by molar-refractivity contribution is -0.164. The summed E-state index contributed by atoms with van der Waals surface area (Å²) >= 11 is 0. The second-order valence-corrected chi connectivity index (χ2v) is 3.96. The normalized spacial score (nSPS) is 14.7. The molecule has 1 N–H and O–H groups in total. The van der Waals surface area contributed by atoms with Crippen LogP contribution < -0.4 is 0 Å². The molecule has 1 atom stereocenters. The van der Waals surface area contributed by atoms with Crippen molar-refractivity contribution in [2.75, 3.05) is 6.61 Å². The maximum Gasteiger partial charge on any atom is 0.312 e. The Kier molecular flexibility index (Phi) is 5.33. The van der Waals surface area contributed by atoms with Crippen LogP contribution in [0.3, 0.4) is 0 Å². The summed E-state index contributed by atoms with van der Waals surface area (Å²) in [6.07, 6.45) is 0.315. The van der Waals surface area contributed by atoms with Gasteiger partial charge in [-0.3, -0.25) is 9.59 Å². The number of aliphatic carboxylic acids is 1. The van der Waals surface area contributed by atoms with E-state index >= 15 is 0 Å². The summed E-state index contributed by atoms with van der Waals surface area (Å²) < 4.78 is 4.96. The van der Waals surface area contributed by atoms with Gasteiger partial charge in [0.1, 0.15) is 0 Å². The van der Waals surface area contributed by atoms with Gasteiger partial charge in [-0.1, -0.05) is 20.8 Å². The van der Waals surface area contributed by atoms with E-state index in [-0.39, 0.29) is 18.9 Å². The molecule has 0 aliphatic heterocycles. The number of carboxylic acids is 1. The van der Waals surface area contributed by atoms with Crippen LogP contribution in [0.15, 0.2) is 0 Å². The monoisotopic (exact) mass is 216 g/mol. The van der Waals surface area contributed by atoms with Crippen molar-refractivity contribution in [1.82, 2.24) is 0 Å². The molecule has 0 radical (unpaired) electrons. The highest BCUT2D eigenvalue weighted by molar-refractivity contribution is 5.83. The number of hydrogen-bond acceptors (Lipinski definition) is 3. The molecular weight excluding hydrogens is 196 g/mol. The lowest BCUT2D eigenvalue weighted by Gasteiger charge is -2.32. The van der Waals surface area contributed by atoms with Crippen LogP contribution in [0, 0.1) is 11.3 Å². The van der Waals surface area contributed by atoms with Crippen molar-refractivity contribution >= 4 is 11.9 Å². The first-order chi connectivity index (χ1) is 6.90. The van der Waals surface area contributed by atoms with Gasteiger partial charge in [0.2, 0.25) is 0 Å². The second kappa shape index (κ2) is 5.73. The van der Waals surface area contributed by atoms with Crippen molar-refractivity contribution in [3.63, 3.8) is 0 Å². The Morgan fingerprint density at radius 1 is 1.33 bits per heavy atom. The van der Waals surface area contributed by atoms with Crippen molar-refractivity contribution < 1.29 is 19.4 Å². The van der Waals surface area contributed by atoms with Gasteiger partial charge in [0, 0.05) is 0 Å². The fraction of sp³-hybridized carbons (Fsp3) is 0.818. The highest BCUT2D eigenvalue weighted by Gasteiger charge is 2.43. The summed E-state index contributed by atoms with van der Waals surface area (Å²) in [7, 11) is 0. The van der Waals surface area contributed by atoms with E-state index in [0.717, 1.165) is 0 Å². The van der Waals surface area contributed by atoms with Crippen molar-refractivity contribution in [2.24, 2.45) is 11.3 Å². The third-order valence-corrected chi connectivity index (χ3v) is 2.88. The summed E-state index contributed by atoms with van der Waals surface area (Å²) in [6, 6.07) is 0. The summed E-state index contributed by atoms with van der Waals surface area (Å²) in [5.74, 6) is -1.40. The van der Waals surface area contributed by atoms with Gasteiger partial charge in [0.15, 0.2) is 0 Å². The Morgan fingerprint density at radius 3 is 2.13 bits per heavy atom. The quantitative estimate of drug-likeness (QED) is 0.690. The first-order valence-electron chi connectivity index (χ1n) is 5.29. The molecule has 0 aromatic rings. The van der Waals surface area contributed by atoms with Gasteiger partial charge >= 0.3 is 11.9 Å². The number of carbonyl (C=O) groups is 2. The van der Waals surface area contributed by atoms with E-state index in [2.05, 4.69) is 0 Å². The number of hydrogen-bond donors (Lipinski definition) is 1. The van der Waals surface area contributed by atoms with Crippen LogP contribution in [0.25, 0.3) is 0 Å². The van der Waals surface area contributed by atoms with Gasteiger partial charge in [-0.15, -0.1) is 0 Å². The van der Waals surface area contributed by atoms with Gasteiger partial charge in [0.05, 0.1) is 18.4 Å². The molecule has 0 saturated heterocycles. The van der Waals surface area contributed by atoms with Crippen LogP contribution in [0.5, 0.6) is 0 Å². The van der Waals surface area contributed by atoms with Gasteiger partial charge in [0.25, 0.3) is 0 Å². The molecule has 15 heavy (non-hydrogen) atoms. The Morgan fingerprint density at radius 2 is 1.87 bits per heavy atom. The molecule has 0 saturated carbocycles. The standard InChI is InChI=1S/C11H20O4/c1-5-11(8(3)4,7-9(12)13)10(14)15-6-2/h8H,5-7H2,1-4H3,(H,12,13). The minimum atomic E-state index is -0.960. The van der Waals surface area contributed by atoms with Crippen LogP contribution in [-0.2, 0) is 14.3 Å². The van der Waals surface area contributed by atoms with Crippen molar-refractivity contribution in [2.45, 2.75) is 40.5 Å². The summed E-state index contributed by atoms with van der Waals surface area (Å²) in [4.78, 5) is 22.6. The third-order valence-electron chi connectivity index (χ3n) is 2.88. The molecule has 0 amide bonds. The molecule has 0 bridgehead atoms. The van der Waals surface area contributed by atoms with Crippen LogP contribution >= 0.6 is 0 Å². The van der Waals surface area contributed by atoms with E-state index in [9.17, 15) is 9.59 Å². The summed E-state index contributed by atoms with van der Waals surface area (Å²) in [6.45, 7) is 7.53. The maximum absolute atomic E-state index is 11.8. The smallest absolute Gasteiger partial charge is 0.312 e. The average Bonchev–Trinajstić information content (AvgIpc) is 2.13. The molecular formula is C11H20O4. The number of ether oxygens (including phenoxy) is 1. The van der Waals surface area contributed by atoms with E-state index in [0.29, 0.717) is 6.42 Å². The van der Waals surface area contributed by atoms with Gasteiger partial charge in [-0.25, -0.2) is 0 Å². The Balaban J connectivity index is 4.96. The molecule has 1 unspecified atom stereocenters. The summed E-state index contributed by atoms with van der Waals surface area (Å²) in [5, 5.41) is 8.84. The molecule has 0 fully saturated rings. The van der Waals surface area contributed by atoms with Crippen LogP contribution in [0.4, 0.5) is 0 Å². The highest BCUT2D eigenvalue weighted by atomic mass is 16.5. The molecule has 0 aliphatic rings. The predicted octanol–water partition coefficient (Wildman–Crippen LogP) is 2.08. The van der Waals surface area contributed by atoms with E-state index in [4.69, 9.17) is 9.84 Å². The Bertz CT molecular complexity index is 235. The second-order valence-electron chi connectivity index (χ2n) is 3.96. The van der Waals surface area contributed by atoms with Crippen molar-refractivity contribution in [3.8, 4) is 0 Å². The number of esters is 1. The number of carboxylic acid groups (broad SMARTS) is 1. The molecule has 0 heterocycles. The fourth-order valence-electron chi connectivity index (χ4n) is 1.73. The zero-order valence-electron chi connectivity index (χ0n) is 9.87. The predicted molar refractivity (Wildman–Crippen MR) is 56.4 cm³/mol. The van der Waals surface area contributed by atoms with Crippen LogP contribution in [-0.4, -0.2) is 23.7 Å². The van der Waals surface area contributed by atoms with Crippen molar-refractivity contribution in [1.29, 1.82) is 0 Å². The Labute approximate surface area is 90.6 Å².